The standard InChI is InChI=1S/C17H24N2O4/c1-12(2)14(10-20)18-16(22)17(7-4-3-5-8-17)19-15(21)13-6-9-23-11-13/h6,9-12,14H,3-5,7-8H2,1-2H3,(H,18,22)(H,19,21)/t14-/m1/s1. The number of hydrogen-bond donors (Lipinski definition) is 2. The van der Waals surface area contributed by atoms with Crippen LogP contribution in [0.2, 0.25) is 0 Å². The molecule has 23 heavy (non-hydrogen) atoms. The van der Waals surface area contributed by atoms with E-state index in [4.69, 9.17) is 4.42 Å². The van der Waals surface area contributed by atoms with Gasteiger partial charge < -0.3 is 19.8 Å². The van der Waals surface area contributed by atoms with Gasteiger partial charge in [0.05, 0.1) is 17.9 Å². The van der Waals surface area contributed by atoms with Gasteiger partial charge in [-0.2, -0.15) is 0 Å². The molecule has 1 aliphatic carbocycles. The van der Waals surface area contributed by atoms with E-state index in [1.165, 1.54) is 12.5 Å². The van der Waals surface area contributed by atoms with Gasteiger partial charge in [-0.25, -0.2) is 0 Å². The normalized spacial score (nSPS) is 18.2. The highest BCUT2D eigenvalue weighted by molar-refractivity contribution is 5.99. The van der Waals surface area contributed by atoms with Crippen LogP contribution in [0, 0.1) is 5.92 Å². The van der Waals surface area contributed by atoms with Crippen LogP contribution >= 0.6 is 0 Å². The van der Waals surface area contributed by atoms with Crippen LogP contribution in [0.15, 0.2) is 23.0 Å². The number of hydrogen-bond acceptors (Lipinski definition) is 4. The van der Waals surface area contributed by atoms with Gasteiger partial charge in [-0.05, 0) is 24.8 Å². The summed E-state index contributed by atoms with van der Waals surface area (Å²) in [6, 6.07) is 1.01. The van der Waals surface area contributed by atoms with Crippen LogP contribution in [0.3, 0.4) is 0 Å². The fourth-order valence-electron chi connectivity index (χ4n) is 2.89. The molecule has 1 aliphatic rings. The first-order chi connectivity index (χ1) is 11.0. The molecule has 1 saturated carbocycles. The fraction of sp³-hybridized carbons (Fsp3) is 0.588. The van der Waals surface area contributed by atoms with Crippen molar-refractivity contribution in [3.8, 4) is 0 Å². The van der Waals surface area contributed by atoms with E-state index >= 15 is 0 Å². The van der Waals surface area contributed by atoms with Crippen molar-refractivity contribution in [2.75, 3.05) is 0 Å². The number of carbonyl (C=O) groups is 3. The molecule has 1 fully saturated rings. The number of carbonyl (C=O) groups excluding carboxylic acids is 3. The van der Waals surface area contributed by atoms with Crippen molar-refractivity contribution in [3.63, 3.8) is 0 Å². The maximum absolute atomic E-state index is 12.8. The molecule has 1 aromatic rings. The van der Waals surface area contributed by atoms with Crippen LogP contribution in [0.1, 0.15) is 56.3 Å². The molecule has 2 amide bonds. The highest BCUT2D eigenvalue weighted by atomic mass is 16.3. The third kappa shape index (κ3) is 4.00. The molecule has 1 atom stereocenters. The van der Waals surface area contributed by atoms with Gasteiger partial charge in [-0.1, -0.05) is 33.1 Å². The number of nitrogens with one attached hydrogen (secondary N) is 2. The van der Waals surface area contributed by atoms with Crippen LogP contribution in [0.5, 0.6) is 0 Å². The van der Waals surface area contributed by atoms with Crippen molar-refractivity contribution >= 4 is 18.1 Å². The Bertz CT molecular complexity index is 545. The Hall–Kier alpha value is -2.11. The third-order valence-corrected chi connectivity index (χ3v) is 4.44. The maximum Gasteiger partial charge on any atom is 0.255 e. The van der Waals surface area contributed by atoms with Crippen molar-refractivity contribution in [1.82, 2.24) is 10.6 Å². The highest BCUT2D eigenvalue weighted by Gasteiger charge is 2.42. The summed E-state index contributed by atoms with van der Waals surface area (Å²) in [5, 5.41) is 5.66. The van der Waals surface area contributed by atoms with Gasteiger partial charge in [0, 0.05) is 0 Å². The molecule has 1 aromatic heterocycles. The lowest BCUT2D eigenvalue weighted by atomic mass is 9.80. The zero-order valence-corrected chi connectivity index (χ0v) is 13.6. The van der Waals surface area contributed by atoms with E-state index in [1.807, 2.05) is 13.8 Å². The quantitative estimate of drug-likeness (QED) is 0.785. The monoisotopic (exact) mass is 320 g/mol. The second-order valence-electron chi connectivity index (χ2n) is 6.49. The average Bonchev–Trinajstić information content (AvgIpc) is 3.07. The van der Waals surface area contributed by atoms with Crippen molar-refractivity contribution in [2.45, 2.75) is 57.5 Å². The molecule has 0 unspecified atom stereocenters. The molecule has 2 rings (SSSR count). The summed E-state index contributed by atoms with van der Waals surface area (Å²) in [6.45, 7) is 3.74. The predicted molar refractivity (Wildman–Crippen MR) is 84.8 cm³/mol. The van der Waals surface area contributed by atoms with Gasteiger partial charge in [0.25, 0.3) is 5.91 Å². The smallest absolute Gasteiger partial charge is 0.255 e. The number of aldehydes is 1. The molecular formula is C17H24N2O4. The van der Waals surface area contributed by atoms with Crippen LogP contribution in [-0.4, -0.2) is 29.7 Å². The van der Waals surface area contributed by atoms with Gasteiger partial charge in [-0.3, -0.25) is 9.59 Å². The Kier molecular flexibility index (Phi) is 5.58. The highest BCUT2D eigenvalue weighted by Crippen LogP contribution is 2.29. The molecule has 0 aromatic carbocycles. The molecule has 2 N–H and O–H groups in total. The van der Waals surface area contributed by atoms with Gasteiger partial charge >= 0.3 is 0 Å². The number of rotatable bonds is 6. The molecule has 0 saturated heterocycles. The van der Waals surface area contributed by atoms with E-state index in [1.54, 1.807) is 6.07 Å². The molecule has 6 nitrogen and oxygen atoms in total. The van der Waals surface area contributed by atoms with Gasteiger partial charge in [-0.15, -0.1) is 0 Å². The average molecular weight is 320 g/mol. The summed E-state index contributed by atoms with van der Waals surface area (Å²) in [7, 11) is 0. The minimum Gasteiger partial charge on any atom is -0.472 e. The lowest BCUT2D eigenvalue weighted by Crippen LogP contribution is -2.61. The van der Waals surface area contributed by atoms with Crippen molar-refractivity contribution in [3.05, 3.63) is 24.2 Å². The van der Waals surface area contributed by atoms with Crippen LogP contribution in [0.25, 0.3) is 0 Å². The Labute approximate surface area is 136 Å². The molecule has 0 aliphatic heterocycles. The molecule has 6 heteroatoms. The summed E-state index contributed by atoms with van der Waals surface area (Å²) in [4.78, 5) is 36.3. The molecule has 0 radical (unpaired) electrons. The Balaban J connectivity index is 2.16. The number of furan rings is 1. The largest absolute Gasteiger partial charge is 0.472 e. The number of amides is 2. The first kappa shape index (κ1) is 17.2. The molecule has 126 valence electrons. The van der Waals surface area contributed by atoms with E-state index in [0.29, 0.717) is 18.4 Å². The minimum atomic E-state index is -0.956. The van der Waals surface area contributed by atoms with E-state index in [0.717, 1.165) is 25.5 Å². The molecule has 0 bridgehead atoms. The summed E-state index contributed by atoms with van der Waals surface area (Å²) in [5.41, 5.74) is -0.568. The molecule has 1 heterocycles. The van der Waals surface area contributed by atoms with E-state index in [9.17, 15) is 14.4 Å². The van der Waals surface area contributed by atoms with Crippen molar-refractivity contribution in [2.24, 2.45) is 5.92 Å². The van der Waals surface area contributed by atoms with E-state index in [-0.39, 0.29) is 17.7 Å². The first-order valence-electron chi connectivity index (χ1n) is 8.09. The molecular weight excluding hydrogens is 296 g/mol. The lowest BCUT2D eigenvalue weighted by Gasteiger charge is -2.37. The summed E-state index contributed by atoms with van der Waals surface area (Å²) in [6.07, 6.45) is 7.45. The molecule has 0 spiro atoms. The van der Waals surface area contributed by atoms with E-state index < -0.39 is 11.6 Å². The van der Waals surface area contributed by atoms with Crippen molar-refractivity contribution < 1.29 is 18.8 Å². The first-order valence-corrected chi connectivity index (χ1v) is 8.09. The Morgan fingerprint density at radius 2 is 1.96 bits per heavy atom. The Morgan fingerprint density at radius 1 is 1.26 bits per heavy atom. The second kappa shape index (κ2) is 7.44. The second-order valence-corrected chi connectivity index (χ2v) is 6.49. The zero-order chi connectivity index (χ0) is 16.9. The summed E-state index contributed by atoms with van der Waals surface area (Å²) >= 11 is 0. The summed E-state index contributed by atoms with van der Waals surface area (Å²) < 4.78 is 4.92. The predicted octanol–water partition coefficient (Wildman–Crippen LogP) is 2.05. The van der Waals surface area contributed by atoms with Gasteiger partial charge in [0.15, 0.2) is 0 Å². The van der Waals surface area contributed by atoms with Crippen LogP contribution < -0.4 is 10.6 Å². The maximum atomic E-state index is 12.8. The Morgan fingerprint density at radius 3 is 2.48 bits per heavy atom. The fourth-order valence-corrected chi connectivity index (χ4v) is 2.89. The van der Waals surface area contributed by atoms with Crippen LogP contribution in [0.4, 0.5) is 0 Å². The van der Waals surface area contributed by atoms with Gasteiger partial charge in [0.2, 0.25) is 5.91 Å². The van der Waals surface area contributed by atoms with Crippen molar-refractivity contribution in [1.29, 1.82) is 0 Å². The van der Waals surface area contributed by atoms with Crippen LogP contribution in [-0.2, 0) is 9.59 Å². The zero-order valence-electron chi connectivity index (χ0n) is 13.6. The topological polar surface area (TPSA) is 88.4 Å². The van der Waals surface area contributed by atoms with E-state index in [2.05, 4.69) is 10.6 Å². The third-order valence-electron chi connectivity index (χ3n) is 4.44. The lowest BCUT2D eigenvalue weighted by molar-refractivity contribution is -0.131. The minimum absolute atomic E-state index is 0.00154. The SMILES string of the molecule is CC(C)[C@@H](C=O)NC(=O)C1(NC(=O)c2ccoc2)CCCCC1. The summed E-state index contributed by atoms with van der Waals surface area (Å²) in [5.74, 6) is -0.607. The van der Waals surface area contributed by atoms with Gasteiger partial charge in [0.1, 0.15) is 18.1 Å².